The number of esters is 3. The Morgan fingerprint density at radius 2 is 1.18 bits per heavy atom. The topological polar surface area (TPSA) is 123 Å². The van der Waals surface area contributed by atoms with Gasteiger partial charge in [0.25, 0.3) is 0 Å². The summed E-state index contributed by atoms with van der Waals surface area (Å²) >= 11 is 0. The minimum absolute atomic E-state index is 0.00799. The van der Waals surface area contributed by atoms with Gasteiger partial charge in [0.2, 0.25) is 0 Å². The maximum absolute atomic E-state index is 14.3. The number of ether oxygens (including phenoxy) is 4. The van der Waals surface area contributed by atoms with E-state index in [1.807, 2.05) is 0 Å². The third-order valence-corrected chi connectivity index (χ3v) is 7.00. The first-order chi connectivity index (χ1) is 21.4. The van der Waals surface area contributed by atoms with Gasteiger partial charge in [0.05, 0.1) is 28.8 Å². The molecule has 10 nitrogen and oxygen atoms in total. The van der Waals surface area contributed by atoms with Crippen molar-refractivity contribution in [1.82, 2.24) is 4.57 Å². The molecule has 0 amide bonds. The Balaban J connectivity index is 1.44. The molecule has 1 saturated heterocycles. The van der Waals surface area contributed by atoms with Gasteiger partial charge in [-0.25, -0.2) is 28.1 Å². The third-order valence-electron chi connectivity index (χ3n) is 7.00. The molecule has 44 heavy (non-hydrogen) atoms. The maximum Gasteiger partial charge on any atom is 0.422 e. The SMILES string of the molecule is O=C(O[C@@H]1[C@H](OC(=O)c2ccccc2)[C@@H](OC(=O)c2ccccc2)CO[C@@H]1n1c(=O)oc2ccc(F)cc21)c1ccccc1. The molecule has 11 heteroatoms. The Kier molecular flexibility index (Phi) is 8.02. The molecule has 0 aliphatic carbocycles. The molecule has 6 rings (SSSR count). The molecule has 1 aliphatic heterocycles. The second kappa shape index (κ2) is 12.4. The lowest BCUT2D eigenvalue weighted by molar-refractivity contribution is -0.212. The molecule has 0 N–H and O–H groups in total. The number of nitrogens with zero attached hydrogens (tertiary/aromatic N) is 1. The number of oxazole rings is 1. The van der Waals surface area contributed by atoms with Crippen molar-refractivity contribution in [1.29, 1.82) is 0 Å². The molecule has 222 valence electrons. The standard InChI is InChI=1S/C33H24FNO9/c34-23-16-17-25-24(18-23)35(33(39)42-25)29-28(44-32(38)22-14-8-3-9-15-22)27(43-31(37)21-12-6-2-7-13-21)26(19-40-29)41-30(36)20-10-4-1-5-11-20/h1-18,26-29H,19H2/t26-,27+,28+,29-/m0/s1. The highest BCUT2D eigenvalue weighted by atomic mass is 19.1. The van der Waals surface area contributed by atoms with Gasteiger partial charge in [0, 0.05) is 6.07 Å². The van der Waals surface area contributed by atoms with Crippen LogP contribution < -0.4 is 5.76 Å². The molecule has 1 aromatic heterocycles. The largest absolute Gasteiger partial charge is 0.452 e. The number of benzene rings is 4. The van der Waals surface area contributed by atoms with Crippen molar-refractivity contribution in [3.8, 4) is 0 Å². The molecule has 4 atom stereocenters. The summed E-state index contributed by atoms with van der Waals surface area (Å²) in [6, 6.07) is 27.6. The van der Waals surface area contributed by atoms with Gasteiger partial charge in [0.15, 0.2) is 30.1 Å². The number of rotatable bonds is 7. The zero-order valence-corrected chi connectivity index (χ0v) is 22.9. The van der Waals surface area contributed by atoms with Crippen molar-refractivity contribution in [3.05, 3.63) is 142 Å². The Labute approximate surface area is 249 Å². The first-order valence-electron chi connectivity index (χ1n) is 13.6. The van der Waals surface area contributed by atoms with Crippen LogP contribution in [0, 0.1) is 5.82 Å². The van der Waals surface area contributed by atoms with E-state index < -0.39 is 54.0 Å². The minimum atomic E-state index is -1.57. The number of carbonyl (C=O) groups is 3. The zero-order valence-electron chi connectivity index (χ0n) is 22.9. The number of hydrogen-bond donors (Lipinski definition) is 0. The molecular weight excluding hydrogens is 573 g/mol. The summed E-state index contributed by atoms with van der Waals surface area (Å²) in [5, 5.41) is 0. The zero-order chi connectivity index (χ0) is 30.6. The van der Waals surface area contributed by atoms with Crippen molar-refractivity contribution in [2.45, 2.75) is 24.5 Å². The summed E-state index contributed by atoms with van der Waals surface area (Å²) in [6.45, 7) is -0.385. The monoisotopic (exact) mass is 597 g/mol. The van der Waals surface area contributed by atoms with E-state index in [1.54, 1.807) is 66.7 Å². The van der Waals surface area contributed by atoms with Crippen LogP contribution in [0.4, 0.5) is 4.39 Å². The number of aromatic nitrogens is 1. The lowest BCUT2D eigenvalue weighted by Gasteiger charge is -2.40. The van der Waals surface area contributed by atoms with Gasteiger partial charge in [-0.3, -0.25) is 0 Å². The van der Waals surface area contributed by atoms with E-state index in [9.17, 15) is 23.6 Å². The van der Waals surface area contributed by atoms with Gasteiger partial charge in [-0.1, -0.05) is 54.6 Å². The van der Waals surface area contributed by atoms with Crippen LogP contribution >= 0.6 is 0 Å². The fraction of sp³-hybridized carbons (Fsp3) is 0.152. The van der Waals surface area contributed by atoms with Crippen molar-refractivity contribution < 1.29 is 42.1 Å². The predicted molar refractivity (Wildman–Crippen MR) is 152 cm³/mol. The van der Waals surface area contributed by atoms with Crippen LogP contribution in [0.15, 0.2) is 118 Å². The lowest BCUT2D eigenvalue weighted by Crippen LogP contribution is -2.56. The van der Waals surface area contributed by atoms with E-state index in [0.717, 1.165) is 16.7 Å². The number of carbonyl (C=O) groups excluding carboxylic acids is 3. The molecule has 5 aromatic rings. The van der Waals surface area contributed by atoms with Gasteiger partial charge in [0.1, 0.15) is 5.82 Å². The van der Waals surface area contributed by atoms with Crippen molar-refractivity contribution >= 4 is 29.0 Å². The molecule has 2 heterocycles. The molecule has 0 unspecified atom stereocenters. The highest BCUT2D eigenvalue weighted by Gasteiger charge is 2.49. The van der Waals surface area contributed by atoms with Gasteiger partial charge in [-0.05, 0) is 48.5 Å². The Morgan fingerprint density at radius 3 is 1.73 bits per heavy atom. The van der Waals surface area contributed by atoms with Gasteiger partial charge in [-0.2, -0.15) is 0 Å². The first-order valence-corrected chi connectivity index (χ1v) is 13.6. The van der Waals surface area contributed by atoms with E-state index in [4.69, 9.17) is 23.4 Å². The fourth-order valence-electron chi connectivity index (χ4n) is 4.91. The van der Waals surface area contributed by atoms with Crippen LogP contribution in [0.3, 0.4) is 0 Å². The Hall–Kier alpha value is -5.55. The van der Waals surface area contributed by atoms with E-state index in [-0.39, 0.29) is 34.4 Å². The second-order valence-electron chi connectivity index (χ2n) is 9.86. The minimum Gasteiger partial charge on any atom is -0.452 e. The Bertz CT molecular complexity index is 1850. The molecule has 0 radical (unpaired) electrons. The predicted octanol–water partition coefficient (Wildman–Crippen LogP) is 4.94. The maximum atomic E-state index is 14.3. The van der Waals surface area contributed by atoms with E-state index in [2.05, 4.69) is 0 Å². The third kappa shape index (κ3) is 5.86. The smallest absolute Gasteiger partial charge is 0.422 e. The van der Waals surface area contributed by atoms with Crippen molar-refractivity contribution in [2.24, 2.45) is 0 Å². The van der Waals surface area contributed by atoms with E-state index >= 15 is 0 Å². The average Bonchev–Trinajstić information content (AvgIpc) is 3.38. The van der Waals surface area contributed by atoms with Crippen LogP contribution in [-0.4, -0.2) is 47.4 Å². The summed E-state index contributed by atoms with van der Waals surface area (Å²) in [4.78, 5) is 52.9. The van der Waals surface area contributed by atoms with Crippen LogP contribution in [-0.2, 0) is 18.9 Å². The van der Waals surface area contributed by atoms with Gasteiger partial charge >= 0.3 is 23.7 Å². The molecule has 1 fully saturated rings. The molecule has 0 spiro atoms. The quantitative estimate of drug-likeness (QED) is 0.190. The first kappa shape index (κ1) is 28.6. The van der Waals surface area contributed by atoms with Crippen molar-refractivity contribution in [2.75, 3.05) is 6.61 Å². The summed E-state index contributed by atoms with van der Waals surface area (Å²) in [5.74, 6) is -4.01. The molecule has 1 aliphatic rings. The average molecular weight is 598 g/mol. The van der Waals surface area contributed by atoms with Crippen LogP contribution in [0.1, 0.15) is 37.3 Å². The number of hydrogen-bond acceptors (Lipinski definition) is 9. The van der Waals surface area contributed by atoms with Gasteiger partial charge < -0.3 is 23.4 Å². The Morgan fingerprint density at radius 1 is 0.682 bits per heavy atom. The highest BCUT2D eigenvalue weighted by Crippen LogP contribution is 2.33. The summed E-state index contributed by atoms with van der Waals surface area (Å²) in [7, 11) is 0. The van der Waals surface area contributed by atoms with Crippen LogP contribution in [0.2, 0.25) is 0 Å². The highest BCUT2D eigenvalue weighted by molar-refractivity contribution is 5.91. The fourth-order valence-corrected chi connectivity index (χ4v) is 4.91. The summed E-state index contributed by atoms with van der Waals surface area (Å²) in [5.41, 5.74) is 0.591. The molecule has 4 aromatic carbocycles. The van der Waals surface area contributed by atoms with Crippen LogP contribution in [0.5, 0.6) is 0 Å². The van der Waals surface area contributed by atoms with Crippen LogP contribution in [0.25, 0.3) is 11.1 Å². The van der Waals surface area contributed by atoms with E-state index in [0.29, 0.717) is 0 Å². The summed E-state index contributed by atoms with van der Waals surface area (Å²) < 4.78 is 44.1. The molecule has 0 bridgehead atoms. The second-order valence-corrected chi connectivity index (χ2v) is 9.86. The van der Waals surface area contributed by atoms with Gasteiger partial charge in [-0.15, -0.1) is 0 Å². The van der Waals surface area contributed by atoms with Crippen molar-refractivity contribution in [3.63, 3.8) is 0 Å². The number of fused-ring (bicyclic) bond motifs is 1. The molecule has 0 saturated carbocycles. The van der Waals surface area contributed by atoms with E-state index in [1.165, 1.54) is 30.3 Å². The lowest BCUT2D eigenvalue weighted by atomic mass is 10.0. The normalized spacial score (nSPS) is 19.7. The number of halogens is 1. The molecular formula is C33H24FNO9. The summed E-state index contributed by atoms with van der Waals surface area (Å²) in [6.07, 6.45) is -5.81.